The van der Waals surface area contributed by atoms with Crippen LogP contribution in [0.5, 0.6) is 0 Å². The monoisotopic (exact) mass is 264 g/mol. The fourth-order valence-electron chi connectivity index (χ4n) is 1.50. The Hall–Kier alpha value is -1.81. The van der Waals surface area contributed by atoms with E-state index in [1.54, 1.807) is 13.0 Å². The van der Waals surface area contributed by atoms with E-state index in [4.69, 9.17) is 16.4 Å². The quantitative estimate of drug-likeness (QED) is 0.856. The van der Waals surface area contributed by atoms with Gasteiger partial charge in [-0.3, -0.25) is 0 Å². The van der Waals surface area contributed by atoms with Crippen LogP contribution >= 0.6 is 11.6 Å². The van der Waals surface area contributed by atoms with Crippen LogP contribution in [0, 0.1) is 6.92 Å². The van der Waals surface area contributed by atoms with Crippen molar-refractivity contribution < 1.29 is 9.63 Å². The summed E-state index contributed by atoms with van der Waals surface area (Å²) in [6, 6.07) is 9.21. The summed E-state index contributed by atoms with van der Waals surface area (Å²) >= 11 is 5.93. The van der Waals surface area contributed by atoms with Crippen molar-refractivity contribution in [3.05, 3.63) is 41.0 Å². The molecule has 0 radical (unpaired) electrons. The van der Waals surface area contributed by atoms with E-state index in [0.29, 0.717) is 11.4 Å². The number of aromatic nitrogens is 2. The summed E-state index contributed by atoms with van der Waals surface area (Å²) < 4.78 is 0. The third kappa shape index (κ3) is 2.71. The summed E-state index contributed by atoms with van der Waals surface area (Å²) in [4.78, 5) is 17.5. The summed E-state index contributed by atoms with van der Waals surface area (Å²) in [6.07, 6.45) is 0.311. The molecule has 0 saturated heterocycles. The van der Waals surface area contributed by atoms with E-state index >= 15 is 0 Å². The maximum absolute atomic E-state index is 11.2. The lowest BCUT2D eigenvalue weighted by atomic mass is 10.1. The molecule has 5 heteroatoms. The van der Waals surface area contributed by atoms with Gasteiger partial charge in [0.25, 0.3) is 0 Å². The minimum Gasteiger partial charge on any atom is -0.319 e. The van der Waals surface area contributed by atoms with Crippen molar-refractivity contribution >= 4 is 17.6 Å². The molecule has 1 heterocycles. The van der Waals surface area contributed by atoms with Crippen LogP contribution in [0.25, 0.3) is 11.3 Å². The number of aryl methyl sites for hydroxylation is 1. The molecule has 0 aliphatic carbocycles. The molecule has 94 valence electrons. The van der Waals surface area contributed by atoms with Gasteiger partial charge in [0, 0.05) is 17.0 Å². The van der Waals surface area contributed by atoms with E-state index in [2.05, 4.69) is 5.10 Å². The van der Waals surface area contributed by atoms with Gasteiger partial charge in [-0.15, -0.1) is 5.10 Å². The van der Waals surface area contributed by atoms with Crippen molar-refractivity contribution in [3.8, 4) is 11.3 Å². The van der Waals surface area contributed by atoms with Crippen molar-refractivity contribution in [3.63, 3.8) is 0 Å². The van der Waals surface area contributed by atoms with Crippen molar-refractivity contribution in [1.82, 2.24) is 9.94 Å². The van der Waals surface area contributed by atoms with Crippen molar-refractivity contribution in [2.75, 3.05) is 0 Å². The molecule has 0 saturated carbocycles. The minimum atomic E-state index is -0.321. The van der Waals surface area contributed by atoms with Crippen LogP contribution in [0.15, 0.2) is 30.3 Å². The van der Waals surface area contributed by atoms with Crippen LogP contribution in [-0.4, -0.2) is 15.9 Å². The van der Waals surface area contributed by atoms with Crippen molar-refractivity contribution in [2.45, 2.75) is 20.3 Å². The molecule has 4 nitrogen and oxygen atoms in total. The van der Waals surface area contributed by atoms with Gasteiger partial charge in [0.2, 0.25) is 0 Å². The second-order valence-corrected chi connectivity index (χ2v) is 4.31. The van der Waals surface area contributed by atoms with Gasteiger partial charge in [0.1, 0.15) is 0 Å². The Balaban J connectivity index is 2.31. The molecule has 1 aromatic carbocycles. The first-order chi connectivity index (χ1) is 8.60. The van der Waals surface area contributed by atoms with E-state index in [-0.39, 0.29) is 5.97 Å². The number of halogens is 1. The predicted molar refractivity (Wildman–Crippen MR) is 69.3 cm³/mol. The van der Waals surface area contributed by atoms with Gasteiger partial charge < -0.3 is 4.84 Å². The van der Waals surface area contributed by atoms with Crippen LogP contribution < -0.4 is 4.84 Å². The zero-order valence-electron chi connectivity index (χ0n) is 10.2. The van der Waals surface area contributed by atoms with Crippen molar-refractivity contribution in [2.24, 2.45) is 0 Å². The Morgan fingerprint density at radius 1 is 1.44 bits per heavy atom. The summed E-state index contributed by atoms with van der Waals surface area (Å²) in [5.41, 5.74) is 2.36. The van der Waals surface area contributed by atoms with Crippen LogP contribution in [0.1, 0.15) is 19.0 Å². The highest BCUT2D eigenvalue weighted by Gasteiger charge is 2.10. The molecule has 0 spiro atoms. The number of hydrogen-bond donors (Lipinski definition) is 0. The fourth-order valence-corrected chi connectivity index (χ4v) is 1.69. The van der Waals surface area contributed by atoms with Crippen LogP contribution in [-0.2, 0) is 4.79 Å². The highest BCUT2D eigenvalue weighted by atomic mass is 35.5. The molecule has 0 bridgehead atoms. The molecular weight excluding hydrogens is 252 g/mol. The molecule has 0 atom stereocenters. The van der Waals surface area contributed by atoms with Gasteiger partial charge in [-0.05, 0) is 25.1 Å². The molecule has 0 aliphatic heterocycles. The first-order valence-electron chi connectivity index (χ1n) is 5.64. The summed E-state index contributed by atoms with van der Waals surface area (Å²) in [6.45, 7) is 3.56. The molecule has 0 aliphatic rings. The van der Waals surface area contributed by atoms with Gasteiger partial charge in [-0.1, -0.05) is 35.5 Å². The van der Waals surface area contributed by atoms with Crippen LogP contribution in [0.4, 0.5) is 0 Å². The SMILES string of the molecule is CCC(=O)On1nc(-c2cccc(Cl)c2)cc1C. The highest BCUT2D eigenvalue weighted by Crippen LogP contribution is 2.21. The molecule has 0 N–H and O–H groups in total. The first-order valence-corrected chi connectivity index (χ1v) is 6.01. The molecule has 0 fully saturated rings. The molecule has 0 amide bonds. The maximum Gasteiger partial charge on any atom is 0.334 e. The Morgan fingerprint density at radius 3 is 2.89 bits per heavy atom. The van der Waals surface area contributed by atoms with Crippen LogP contribution in [0.3, 0.4) is 0 Å². The standard InChI is InChI=1S/C13H13ClN2O2/c1-3-13(17)18-16-9(2)7-12(15-16)10-5-4-6-11(14)8-10/h4-8H,3H2,1-2H3. The third-order valence-electron chi connectivity index (χ3n) is 2.44. The van der Waals surface area contributed by atoms with Gasteiger partial charge >= 0.3 is 5.97 Å². The molecule has 0 unspecified atom stereocenters. The largest absolute Gasteiger partial charge is 0.334 e. The highest BCUT2D eigenvalue weighted by molar-refractivity contribution is 6.30. The Morgan fingerprint density at radius 2 is 2.22 bits per heavy atom. The average Bonchev–Trinajstić information content (AvgIpc) is 2.71. The molecule has 1 aromatic heterocycles. The second-order valence-electron chi connectivity index (χ2n) is 3.87. The van der Waals surface area contributed by atoms with E-state index in [9.17, 15) is 4.79 Å². The number of carbonyl (C=O) groups excluding carboxylic acids is 1. The summed E-state index contributed by atoms with van der Waals surface area (Å²) in [7, 11) is 0. The Kier molecular flexibility index (Phi) is 3.67. The van der Waals surface area contributed by atoms with Gasteiger partial charge in [-0.25, -0.2) is 4.79 Å². The third-order valence-corrected chi connectivity index (χ3v) is 2.68. The lowest BCUT2D eigenvalue weighted by Gasteiger charge is -2.02. The number of nitrogens with zero attached hydrogens (tertiary/aromatic N) is 2. The molecule has 18 heavy (non-hydrogen) atoms. The normalized spacial score (nSPS) is 10.4. The topological polar surface area (TPSA) is 44.1 Å². The number of rotatable bonds is 3. The fraction of sp³-hybridized carbons (Fsp3) is 0.231. The van der Waals surface area contributed by atoms with Crippen LogP contribution in [0.2, 0.25) is 5.02 Å². The molecule has 2 aromatic rings. The summed E-state index contributed by atoms with van der Waals surface area (Å²) in [5, 5.41) is 4.87. The summed E-state index contributed by atoms with van der Waals surface area (Å²) in [5.74, 6) is -0.321. The minimum absolute atomic E-state index is 0.311. The zero-order valence-corrected chi connectivity index (χ0v) is 10.9. The molecule has 2 rings (SSSR count). The lowest BCUT2D eigenvalue weighted by Crippen LogP contribution is -2.20. The maximum atomic E-state index is 11.2. The average molecular weight is 265 g/mol. The Labute approximate surface area is 110 Å². The first kappa shape index (κ1) is 12.6. The van der Waals surface area contributed by atoms with Gasteiger partial charge in [0.05, 0.1) is 11.4 Å². The smallest absolute Gasteiger partial charge is 0.319 e. The van der Waals surface area contributed by atoms with Gasteiger partial charge in [-0.2, -0.15) is 0 Å². The van der Waals surface area contributed by atoms with Gasteiger partial charge in [0.15, 0.2) is 0 Å². The van der Waals surface area contributed by atoms with E-state index < -0.39 is 0 Å². The Bertz CT molecular complexity index is 578. The predicted octanol–water partition coefficient (Wildman–Crippen LogP) is 2.88. The van der Waals surface area contributed by atoms with Crippen molar-refractivity contribution in [1.29, 1.82) is 0 Å². The number of benzene rings is 1. The lowest BCUT2D eigenvalue weighted by molar-refractivity contribution is -0.145. The zero-order chi connectivity index (χ0) is 13.1. The molecular formula is C13H13ClN2O2. The number of hydrogen-bond acceptors (Lipinski definition) is 3. The van der Waals surface area contributed by atoms with E-state index in [1.807, 2.05) is 31.2 Å². The second kappa shape index (κ2) is 5.23. The van der Waals surface area contributed by atoms with E-state index in [0.717, 1.165) is 17.0 Å². The van der Waals surface area contributed by atoms with E-state index in [1.165, 1.54) is 4.85 Å². The number of carbonyl (C=O) groups is 1.